The van der Waals surface area contributed by atoms with E-state index in [1.165, 1.54) is 4.90 Å². The van der Waals surface area contributed by atoms with E-state index in [4.69, 9.17) is 27.9 Å². The lowest BCUT2D eigenvalue weighted by atomic mass is 10.0. The van der Waals surface area contributed by atoms with Gasteiger partial charge in [-0.3, -0.25) is 9.59 Å². The van der Waals surface area contributed by atoms with Crippen molar-refractivity contribution in [2.45, 2.75) is 45.8 Å². The van der Waals surface area contributed by atoms with E-state index in [9.17, 15) is 9.59 Å². The molecule has 0 unspecified atom stereocenters. The lowest BCUT2D eigenvalue weighted by Crippen LogP contribution is -2.52. The van der Waals surface area contributed by atoms with Gasteiger partial charge in [0.25, 0.3) is 5.91 Å². The molecule has 0 radical (unpaired) electrons. The molecule has 0 saturated heterocycles. The van der Waals surface area contributed by atoms with E-state index >= 15 is 0 Å². The Labute approximate surface area is 217 Å². The Kier molecular flexibility index (Phi) is 9.58. The summed E-state index contributed by atoms with van der Waals surface area (Å²) in [5, 5.41) is 3.89. The molecule has 3 aromatic carbocycles. The molecular weight excluding hydrogens is 483 g/mol. The zero-order valence-electron chi connectivity index (χ0n) is 20.1. The number of carbonyl (C=O) groups is 2. The number of hydrogen-bond donors (Lipinski definition) is 1. The highest BCUT2D eigenvalue weighted by atomic mass is 35.5. The third kappa shape index (κ3) is 7.74. The van der Waals surface area contributed by atoms with Gasteiger partial charge in [-0.25, -0.2) is 0 Å². The summed E-state index contributed by atoms with van der Waals surface area (Å²) in [4.78, 5) is 28.5. The van der Waals surface area contributed by atoms with Crippen molar-refractivity contribution in [2.75, 3.05) is 6.61 Å². The number of nitrogens with one attached hydrogen (secondary N) is 1. The fourth-order valence-corrected chi connectivity index (χ4v) is 4.18. The van der Waals surface area contributed by atoms with Crippen molar-refractivity contribution >= 4 is 35.0 Å². The number of carbonyl (C=O) groups excluding carboxylic acids is 2. The predicted octanol–water partition coefficient (Wildman–Crippen LogP) is 5.85. The van der Waals surface area contributed by atoms with Gasteiger partial charge < -0.3 is 15.0 Å². The molecule has 3 rings (SSSR count). The summed E-state index contributed by atoms with van der Waals surface area (Å²) in [5.41, 5.74) is 2.55. The Morgan fingerprint density at radius 3 is 2.31 bits per heavy atom. The van der Waals surface area contributed by atoms with Crippen molar-refractivity contribution < 1.29 is 14.3 Å². The van der Waals surface area contributed by atoms with Crippen LogP contribution in [-0.2, 0) is 22.6 Å². The van der Waals surface area contributed by atoms with E-state index in [1.807, 2.05) is 75.4 Å². The Hall–Kier alpha value is -3.02. The molecule has 3 aromatic rings. The lowest BCUT2D eigenvalue weighted by molar-refractivity contribution is -0.143. The van der Waals surface area contributed by atoms with Crippen LogP contribution in [0.3, 0.4) is 0 Å². The minimum atomic E-state index is -0.764. The molecule has 2 amide bonds. The number of halogens is 2. The van der Waals surface area contributed by atoms with Crippen LogP contribution in [0.2, 0.25) is 10.0 Å². The average molecular weight is 513 g/mol. The topological polar surface area (TPSA) is 58.6 Å². The standard InChI is InChI=1S/C28H30Cl2N2O3/c1-19(2)31-28(34)25(15-21-10-5-4-6-11-21)32(17-22-13-14-23(29)16-24(22)30)27(33)18-35-26-12-8-7-9-20(26)3/h4-14,16,19,25H,15,17-18H2,1-3H3,(H,31,34)/t25-/m0/s1. The van der Waals surface area contributed by atoms with Gasteiger partial charge in [-0.2, -0.15) is 0 Å². The van der Waals surface area contributed by atoms with E-state index in [1.54, 1.807) is 18.2 Å². The fourth-order valence-electron chi connectivity index (χ4n) is 3.71. The molecule has 0 aliphatic rings. The van der Waals surface area contributed by atoms with Gasteiger partial charge in [0.05, 0.1) is 0 Å². The van der Waals surface area contributed by atoms with Crippen molar-refractivity contribution in [1.29, 1.82) is 0 Å². The number of benzene rings is 3. The second kappa shape index (κ2) is 12.6. The molecule has 7 heteroatoms. The van der Waals surface area contributed by atoms with Crippen LogP contribution in [0.4, 0.5) is 0 Å². The third-order valence-corrected chi connectivity index (χ3v) is 6.09. The molecule has 1 atom stereocenters. The van der Waals surface area contributed by atoms with Gasteiger partial charge in [0.2, 0.25) is 5.91 Å². The zero-order valence-corrected chi connectivity index (χ0v) is 21.6. The summed E-state index contributed by atoms with van der Waals surface area (Å²) < 4.78 is 5.85. The summed E-state index contributed by atoms with van der Waals surface area (Å²) in [5.74, 6) is 0.0638. The van der Waals surface area contributed by atoms with Gasteiger partial charge in [0.1, 0.15) is 11.8 Å². The minimum Gasteiger partial charge on any atom is -0.484 e. The highest BCUT2D eigenvalue weighted by Gasteiger charge is 2.31. The second-order valence-electron chi connectivity index (χ2n) is 8.68. The first-order valence-electron chi connectivity index (χ1n) is 11.5. The molecule has 0 spiro atoms. The van der Waals surface area contributed by atoms with Gasteiger partial charge in [0, 0.05) is 29.1 Å². The average Bonchev–Trinajstić information content (AvgIpc) is 2.82. The Bertz CT molecular complexity index is 1150. The molecule has 35 heavy (non-hydrogen) atoms. The summed E-state index contributed by atoms with van der Waals surface area (Å²) in [7, 11) is 0. The molecule has 0 bridgehead atoms. The zero-order chi connectivity index (χ0) is 25.4. The molecule has 0 aromatic heterocycles. The van der Waals surface area contributed by atoms with Crippen LogP contribution in [0, 0.1) is 6.92 Å². The highest BCUT2D eigenvalue weighted by molar-refractivity contribution is 6.35. The molecule has 5 nitrogen and oxygen atoms in total. The third-order valence-electron chi connectivity index (χ3n) is 5.50. The number of para-hydroxylation sites is 1. The fraction of sp³-hybridized carbons (Fsp3) is 0.286. The van der Waals surface area contributed by atoms with E-state index in [-0.39, 0.29) is 31.0 Å². The van der Waals surface area contributed by atoms with Crippen molar-refractivity contribution in [1.82, 2.24) is 10.2 Å². The number of aryl methyl sites for hydroxylation is 1. The second-order valence-corrected chi connectivity index (χ2v) is 9.52. The van der Waals surface area contributed by atoms with Crippen LogP contribution < -0.4 is 10.1 Å². The molecule has 0 aliphatic heterocycles. The monoisotopic (exact) mass is 512 g/mol. The van der Waals surface area contributed by atoms with Gasteiger partial charge in [-0.15, -0.1) is 0 Å². The van der Waals surface area contributed by atoms with Crippen molar-refractivity contribution in [3.05, 3.63) is 99.5 Å². The molecule has 1 N–H and O–H groups in total. The van der Waals surface area contributed by atoms with Crippen molar-refractivity contribution in [3.8, 4) is 5.75 Å². The first-order valence-corrected chi connectivity index (χ1v) is 12.3. The number of nitrogens with zero attached hydrogens (tertiary/aromatic N) is 1. The first-order chi connectivity index (χ1) is 16.7. The Morgan fingerprint density at radius 2 is 1.66 bits per heavy atom. The predicted molar refractivity (Wildman–Crippen MR) is 141 cm³/mol. The molecule has 184 valence electrons. The van der Waals surface area contributed by atoms with Gasteiger partial charge >= 0.3 is 0 Å². The maximum atomic E-state index is 13.6. The van der Waals surface area contributed by atoms with E-state index in [2.05, 4.69) is 5.32 Å². The first kappa shape index (κ1) is 26.6. The summed E-state index contributed by atoms with van der Waals surface area (Å²) in [6, 6.07) is 21.4. The van der Waals surface area contributed by atoms with Gasteiger partial charge in [-0.05, 0) is 55.7 Å². The van der Waals surface area contributed by atoms with Crippen LogP contribution in [-0.4, -0.2) is 35.4 Å². The molecular formula is C28H30Cl2N2O3. The molecule has 0 heterocycles. The maximum absolute atomic E-state index is 13.6. The van der Waals surface area contributed by atoms with Gasteiger partial charge in [-0.1, -0.05) is 77.8 Å². The van der Waals surface area contributed by atoms with E-state index in [0.29, 0.717) is 27.8 Å². The molecule has 0 saturated carbocycles. The van der Waals surface area contributed by atoms with E-state index in [0.717, 1.165) is 11.1 Å². The van der Waals surface area contributed by atoms with Crippen molar-refractivity contribution in [3.63, 3.8) is 0 Å². The van der Waals surface area contributed by atoms with Crippen molar-refractivity contribution in [2.24, 2.45) is 0 Å². The van der Waals surface area contributed by atoms with Crippen LogP contribution in [0.1, 0.15) is 30.5 Å². The lowest BCUT2D eigenvalue weighted by Gasteiger charge is -2.32. The van der Waals surface area contributed by atoms with Crippen LogP contribution >= 0.6 is 23.2 Å². The summed E-state index contributed by atoms with van der Waals surface area (Å²) >= 11 is 12.5. The highest BCUT2D eigenvalue weighted by Crippen LogP contribution is 2.24. The molecule has 0 aliphatic carbocycles. The van der Waals surface area contributed by atoms with Crippen LogP contribution in [0.15, 0.2) is 72.8 Å². The SMILES string of the molecule is Cc1ccccc1OCC(=O)N(Cc1ccc(Cl)cc1Cl)[C@@H](Cc1ccccc1)C(=O)NC(C)C. The number of amides is 2. The van der Waals surface area contributed by atoms with Crippen LogP contribution in [0.5, 0.6) is 5.75 Å². The molecule has 0 fully saturated rings. The number of ether oxygens (including phenoxy) is 1. The number of rotatable bonds is 10. The Morgan fingerprint density at radius 1 is 0.971 bits per heavy atom. The summed E-state index contributed by atoms with van der Waals surface area (Å²) in [6.45, 7) is 5.62. The Balaban J connectivity index is 1.95. The minimum absolute atomic E-state index is 0.0833. The quantitative estimate of drug-likeness (QED) is 0.370. The smallest absolute Gasteiger partial charge is 0.261 e. The maximum Gasteiger partial charge on any atom is 0.261 e. The summed E-state index contributed by atoms with van der Waals surface area (Å²) in [6.07, 6.45) is 0.348. The number of hydrogen-bond acceptors (Lipinski definition) is 3. The van der Waals surface area contributed by atoms with E-state index < -0.39 is 6.04 Å². The van der Waals surface area contributed by atoms with Gasteiger partial charge in [0.15, 0.2) is 6.61 Å². The normalized spacial score (nSPS) is 11.7. The van der Waals surface area contributed by atoms with Crippen LogP contribution in [0.25, 0.3) is 0 Å². The largest absolute Gasteiger partial charge is 0.484 e.